The van der Waals surface area contributed by atoms with E-state index in [0.29, 0.717) is 12.1 Å². The molecule has 2 rings (SSSR count). The number of carbonyl (C=O) groups excluding carboxylic acids is 2. The van der Waals surface area contributed by atoms with Crippen LogP contribution in [0.1, 0.15) is 38.8 Å². The Morgan fingerprint density at radius 3 is 2.50 bits per heavy atom. The van der Waals surface area contributed by atoms with E-state index < -0.39 is 42.5 Å². The third-order valence-corrected chi connectivity index (χ3v) is 4.77. The standard InChI is InChI=1S/C21H29N3O6/c1-4-30-18(26)17(16-11-14-7-5-6-8-15(14)23-16)21(9-10-25,19(27)28)24-20(29)22-12-13(2)3/h5-8,11,13,17,23,25H,4,9-10,12H2,1-3H3,(H,27,28)(H2,22,24,29). The number of ether oxygens (including phenoxy) is 1. The molecule has 0 aliphatic heterocycles. The Labute approximate surface area is 174 Å². The van der Waals surface area contributed by atoms with Gasteiger partial charge in [-0.25, -0.2) is 9.59 Å². The number of hydrogen-bond acceptors (Lipinski definition) is 5. The number of benzene rings is 1. The van der Waals surface area contributed by atoms with E-state index in [9.17, 15) is 24.6 Å². The van der Waals surface area contributed by atoms with Crippen LogP contribution in [0.2, 0.25) is 0 Å². The van der Waals surface area contributed by atoms with Crippen molar-refractivity contribution >= 4 is 28.9 Å². The molecule has 5 N–H and O–H groups in total. The molecule has 164 valence electrons. The number of carbonyl (C=O) groups is 3. The first-order chi connectivity index (χ1) is 14.2. The average Bonchev–Trinajstić information content (AvgIpc) is 3.10. The zero-order valence-electron chi connectivity index (χ0n) is 17.4. The van der Waals surface area contributed by atoms with Gasteiger partial charge in [-0.05, 0) is 30.4 Å². The van der Waals surface area contributed by atoms with Gasteiger partial charge in [0.05, 0.1) is 6.61 Å². The fourth-order valence-electron chi connectivity index (χ4n) is 3.35. The van der Waals surface area contributed by atoms with Crippen LogP contribution < -0.4 is 10.6 Å². The molecule has 0 aliphatic carbocycles. The van der Waals surface area contributed by atoms with Gasteiger partial charge in [-0.3, -0.25) is 4.79 Å². The number of rotatable bonds is 10. The summed E-state index contributed by atoms with van der Waals surface area (Å²) in [6, 6.07) is 8.13. The van der Waals surface area contributed by atoms with E-state index >= 15 is 0 Å². The first-order valence-corrected chi connectivity index (χ1v) is 9.89. The molecule has 9 nitrogen and oxygen atoms in total. The molecule has 9 heteroatoms. The van der Waals surface area contributed by atoms with Gasteiger partial charge in [0.1, 0.15) is 5.92 Å². The summed E-state index contributed by atoms with van der Waals surface area (Å²) >= 11 is 0. The van der Waals surface area contributed by atoms with Crippen molar-refractivity contribution in [3.8, 4) is 0 Å². The molecular formula is C21H29N3O6. The molecule has 0 radical (unpaired) electrons. The zero-order chi connectivity index (χ0) is 22.3. The van der Waals surface area contributed by atoms with Crippen LogP contribution in [-0.4, -0.2) is 58.5 Å². The highest BCUT2D eigenvalue weighted by Gasteiger charge is 2.52. The van der Waals surface area contributed by atoms with Gasteiger partial charge in [-0.15, -0.1) is 0 Å². The second-order valence-electron chi connectivity index (χ2n) is 7.48. The number of amides is 2. The van der Waals surface area contributed by atoms with Crippen LogP contribution in [0.15, 0.2) is 30.3 Å². The van der Waals surface area contributed by atoms with Gasteiger partial charge >= 0.3 is 18.0 Å². The number of aromatic nitrogens is 1. The van der Waals surface area contributed by atoms with Gasteiger partial charge in [0.2, 0.25) is 0 Å². The number of aliphatic hydroxyl groups excluding tert-OH is 1. The first-order valence-electron chi connectivity index (χ1n) is 9.89. The number of urea groups is 1. The van der Waals surface area contributed by atoms with E-state index in [1.54, 1.807) is 25.1 Å². The number of fused-ring (bicyclic) bond motifs is 1. The monoisotopic (exact) mass is 419 g/mol. The molecule has 2 atom stereocenters. The second-order valence-corrected chi connectivity index (χ2v) is 7.48. The van der Waals surface area contributed by atoms with E-state index in [2.05, 4.69) is 15.6 Å². The van der Waals surface area contributed by atoms with Crippen LogP contribution in [0, 0.1) is 5.92 Å². The lowest BCUT2D eigenvalue weighted by molar-refractivity contribution is -0.157. The molecule has 0 saturated heterocycles. The molecule has 1 heterocycles. The minimum absolute atomic E-state index is 0.0317. The molecule has 2 amide bonds. The summed E-state index contributed by atoms with van der Waals surface area (Å²) in [5.74, 6) is -3.53. The van der Waals surface area contributed by atoms with Crippen LogP contribution in [0.4, 0.5) is 4.79 Å². The van der Waals surface area contributed by atoms with E-state index in [1.165, 1.54) is 0 Å². The highest BCUT2D eigenvalue weighted by molar-refractivity contribution is 5.95. The lowest BCUT2D eigenvalue weighted by Crippen LogP contribution is -2.63. The molecule has 0 saturated carbocycles. The van der Waals surface area contributed by atoms with Crippen molar-refractivity contribution < 1.29 is 29.3 Å². The number of aliphatic hydroxyl groups is 1. The normalized spacial score (nSPS) is 14.2. The maximum atomic E-state index is 12.9. The van der Waals surface area contributed by atoms with Crippen LogP contribution >= 0.6 is 0 Å². The molecule has 0 fully saturated rings. The number of aromatic amines is 1. The largest absolute Gasteiger partial charge is 0.479 e. The molecule has 0 bridgehead atoms. The van der Waals surface area contributed by atoms with Crippen molar-refractivity contribution in [1.29, 1.82) is 0 Å². The average molecular weight is 419 g/mol. The molecule has 2 unspecified atom stereocenters. The third kappa shape index (κ3) is 5.10. The Bertz CT molecular complexity index is 861. The Hall–Kier alpha value is -3.07. The number of hydrogen-bond donors (Lipinski definition) is 5. The summed E-state index contributed by atoms with van der Waals surface area (Å²) in [7, 11) is 0. The lowest BCUT2D eigenvalue weighted by atomic mass is 9.78. The summed E-state index contributed by atoms with van der Waals surface area (Å²) in [6.45, 7) is 5.18. The van der Waals surface area contributed by atoms with Crippen molar-refractivity contribution in [3.05, 3.63) is 36.0 Å². The number of nitrogens with one attached hydrogen (secondary N) is 3. The van der Waals surface area contributed by atoms with Gasteiger partial charge in [0.15, 0.2) is 5.54 Å². The topological polar surface area (TPSA) is 141 Å². The SMILES string of the molecule is CCOC(=O)C(c1cc2ccccc2[nH]1)C(CCO)(NC(=O)NCC(C)C)C(=O)O. The fraction of sp³-hybridized carbons (Fsp3) is 0.476. The van der Waals surface area contributed by atoms with E-state index in [0.717, 1.165) is 5.39 Å². The van der Waals surface area contributed by atoms with Gasteiger partial charge in [-0.1, -0.05) is 32.0 Å². The second kappa shape index (κ2) is 10.1. The van der Waals surface area contributed by atoms with Gasteiger partial charge < -0.3 is 30.6 Å². The van der Waals surface area contributed by atoms with Crippen molar-refractivity contribution in [2.45, 2.75) is 38.6 Å². The molecule has 0 aliphatic rings. The highest BCUT2D eigenvalue weighted by atomic mass is 16.5. The summed E-state index contributed by atoms with van der Waals surface area (Å²) in [4.78, 5) is 40.9. The predicted octanol–water partition coefficient (Wildman–Crippen LogP) is 1.98. The summed E-state index contributed by atoms with van der Waals surface area (Å²) in [5.41, 5.74) is -1.15. The third-order valence-electron chi connectivity index (χ3n) is 4.77. The predicted molar refractivity (Wildman–Crippen MR) is 111 cm³/mol. The van der Waals surface area contributed by atoms with Crippen LogP contribution in [-0.2, 0) is 14.3 Å². The van der Waals surface area contributed by atoms with Gasteiger partial charge in [-0.2, -0.15) is 0 Å². The van der Waals surface area contributed by atoms with Crippen molar-refractivity contribution in [1.82, 2.24) is 15.6 Å². The van der Waals surface area contributed by atoms with Gasteiger partial charge in [0, 0.05) is 30.8 Å². The van der Waals surface area contributed by atoms with Crippen molar-refractivity contribution in [3.63, 3.8) is 0 Å². The Morgan fingerprint density at radius 2 is 1.93 bits per heavy atom. The number of H-pyrrole nitrogens is 1. The lowest BCUT2D eigenvalue weighted by Gasteiger charge is -2.35. The van der Waals surface area contributed by atoms with Gasteiger partial charge in [0.25, 0.3) is 0 Å². The molecular weight excluding hydrogens is 390 g/mol. The van der Waals surface area contributed by atoms with Crippen LogP contribution in [0.25, 0.3) is 10.9 Å². The molecule has 1 aromatic heterocycles. The number of carboxylic acids is 1. The number of carboxylic acid groups (broad SMARTS) is 1. The minimum atomic E-state index is -2.12. The van der Waals surface area contributed by atoms with Crippen molar-refractivity contribution in [2.24, 2.45) is 5.92 Å². The summed E-state index contributed by atoms with van der Waals surface area (Å²) in [6.07, 6.45) is -0.393. The highest BCUT2D eigenvalue weighted by Crippen LogP contribution is 2.34. The number of para-hydroxylation sites is 1. The van der Waals surface area contributed by atoms with Crippen LogP contribution in [0.3, 0.4) is 0 Å². The first kappa shape index (κ1) is 23.2. The van der Waals surface area contributed by atoms with E-state index in [4.69, 9.17) is 4.74 Å². The molecule has 30 heavy (non-hydrogen) atoms. The Morgan fingerprint density at radius 1 is 1.23 bits per heavy atom. The molecule has 2 aromatic rings. The summed E-state index contributed by atoms with van der Waals surface area (Å²) < 4.78 is 5.16. The van der Waals surface area contributed by atoms with E-state index in [1.807, 2.05) is 26.0 Å². The number of esters is 1. The minimum Gasteiger partial charge on any atom is -0.479 e. The number of aliphatic carboxylic acids is 1. The fourth-order valence-corrected chi connectivity index (χ4v) is 3.35. The maximum absolute atomic E-state index is 12.9. The summed E-state index contributed by atoms with van der Waals surface area (Å²) in [5, 5.41) is 25.6. The Balaban J connectivity index is 2.57. The zero-order valence-corrected chi connectivity index (χ0v) is 17.4. The maximum Gasteiger partial charge on any atom is 0.330 e. The Kier molecular flexibility index (Phi) is 7.82. The van der Waals surface area contributed by atoms with Crippen molar-refractivity contribution in [2.75, 3.05) is 19.8 Å². The quantitative estimate of drug-likeness (QED) is 0.373. The smallest absolute Gasteiger partial charge is 0.330 e. The molecule has 1 aromatic carbocycles. The molecule has 0 spiro atoms. The van der Waals surface area contributed by atoms with E-state index in [-0.39, 0.29) is 18.2 Å². The van der Waals surface area contributed by atoms with Crippen LogP contribution in [0.5, 0.6) is 0 Å².